The molecule has 0 radical (unpaired) electrons. The number of rotatable bonds is 4. The molecule has 0 saturated heterocycles. The second-order valence-electron chi connectivity index (χ2n) is 3.69. The van der Waals surface area contributed by atoms with E-state index in [4.69, 9.17) is 9.94 Å². The maximum absolute atomic E-state index is 8.74. The van der Waals surface area contributed by atoms with Crippen molar-refractivity contribution in [1.82, 2.24) is 0 Å². The summed E-state index contributed by atoms with van der Waals surface area (Å²) in [4.78, 5) is 1.15. The van der Waals surface area contributed by atoms with Gasteiger partial charge < -0.3 is 9.94 Å². The minimum Gasteiger partial charge on any atom is -0.488 e. The van der Waals surface area contributed by atoms with E-state index >= 15 is 0 Å². The maximum atomic E-state index is 8.74. The van der Waals surface area contributed by atoms with Crippen molar-refractivity contribution in [3.63, 3.8) is 0 Å². The van der Waals surface area contributed by atoms with Crippen LogP contribution < -0.4 is 4.74 Å². The van der Waals surface area contributed by atoms with Gasteiger partial charge in [-0.25, -0.2) is 0 Å². The standard InChI is InChI=1S/C13H12BrNO2S/c1-9(15-16)10-3-2-4-11(7-10)17-8-13-12(14)5-6-18-13/h2-7,16H,8H2,1H3. The van der Waals surface area contributed by atoms with Gasteiger partial charge in [0, 0.05) is 10.0 Å². The fourth-order valence-electron chi connectivity index (χ4n) is 1.45. The van der Waals surface area contributed by atoms with Crippen LogP contribution in [0.15, 0.2) is 45.3 Å². The van der Waals surface area contributed by atoms with E-state index in [1.807, 2.05) is 35.7 Å². The van der Waals surface area contributed by atoms with Crippen LogP contribution in [0.25, 0.3) is 0 Å². The van der Waals surface area contributed by atoms with Crippen molar-refractivity contribution in [2.75, 3.05) is 0 Å². The van der Waals surface area contributed by atoms with Gasteiger partial charge >= 0.3 is 0 Å². The Morgan fingerprint density at radius 1 is 1.44 bits per heavy atom. The Kier molecular flexibility index (Phi) is 4.38. The van der Waals surface area contributed by atoms with E-state index in [1.165, 1.54) is 0 Å². The largest absolute Gasteiger partial charge is 0.488 e. The molecule has 0 aliphatic rings. The molecule has 0 spiro atoms. The first kappa shape index (κ1) is 13.1. The lowest BCUT2D eigenvalue weighted by Crippen LogP contribution is -1.97. The van der Waals surface area contributed by atoms with Crippen LogP contribution >= 0.6 is 27.3 Å². The molecule has 0 fully saturated rings. The molecule has 94 valence electrons. The van der Waals surface area contributed by atoms with Gasteiger partial charge in [-0.15, -0.1) is 11.3 Å². The number of hydrogen-bond acceptors (Lipinski definition) is 4. The number of benzene rings is 1. The van der Waals surface area contributed by atoms with Crippen molar-refractivity contribution < 1.29 is 9.94 Å². The van der Waals surface area contributed by atoms with Gasteiger partial charge in [-0.3, -0.25) is 0 Å². The summed E-state index contributed by atoms with van der Waals surface area (Å²) in [5, 5.41) is 13.9. The highest BCUT2D eigenvalue weighted by Crippen LogP contribution is 2.24. The molecule has 2 rings (SSSR count). The summed E-state index contributed by atoms with van der Waals surface area (Å²) in [7, 11) is 0. The fourth-order valence-corrected chi connectivity index (χ4v) is 2.82. The van der Waals surface area contributed by atoms with E-state index in [0.29, 0.717) is 12.3 Å². The summed E-state index contributed by atoms with van der Waals surface area (Å²) >= 11 is 5.12. The van der Waals surface area contributed by atoms with Crippen LogP contribution in [-0.2, 0) is 6.61 Å². The van der Waals surface area contributed by atoms with E-state index in [2.05, 4.69) is 21.1 Å². The summed E-state index contributed by atoms with van der Waals surface area (Å²) in [6.45, 7) is 2.27. The Labute approximate surface area is 118 Å². The van der Waals surface area contributed by atoms with Gasteiger partial charge in [0.1, 0.15) is 12.4 Å². The molecule has 0 aliphatic carbocycles. The molecule has 0 amide bonds. The minimum atomic E-state index is 0.525. The monoisotopic (exact) mass is 325 g/mol. The van der Waals surface area contributed by atoms with E-state index < -0.39 is 0 Å². The highest BCUT2D eigenvalue weighted by molar-refractivity contribution is 9.10. The van der Waals surface area contributed by atoms with Crippen LogP contribution in [0.3, 0.4) is 0 Å². The first-order valence-corrected chi connectivity index (χ1v) is 7.01. The Morgan fingerprint density at radius 2 is 2.28 bits per heavy atom. The third-order valence-corrected chi connectivity index (χ3v) is 4.36. The predicted molar refractivity (Wildman–Crippen MR) is 76.8 cm³/mol. The molecule has 18 heavy (non-hydrogen) atoms. The minimum absolute atomic E-state index is 0.525. The highest BCUT2D eigenvalue weighted by atomic mass is 79.9. The molecule has 1 N–H and O–H groups in total. The van der Waals surface area contributed by atoms with Gasteiger partial charge in [-0.1, -0.05) is 17.3 Å². The molecular formula is C13H12BrNO2S. The molecule has 1 aromatic heterocycles. The first-order valence-electron chi connectivity index (χ1n) is 5.34. The van der Waals surface area contributed by atoms with E-state index in [0.717, 1.165) is 20.7 Å². The number of thiophene rings is 1. The second-order valence-corrected chi connectivity index (χ2v) is 5.55. The lowest BCUT2D eigenvalue weighted by Gasteiger charge is -2.07. The summed E-state index contributed by atoms with van der Waals surface area (Å²) < 4.78 is 6.78. The molecule has 1 heterocycles. The number of nitrogens with zero attached hydrogens (tertiary/aromatic N) is 1. The lowest BCUT2D eigenvalue weighted by atomic mass is 10.1. The molecule has 0 aliphatic heterocycles. The summed E-state index contributed by atoms with van der Waals surface area (Å²) in [5.74, 6) is 0.760. The second kappa shape index (κ2) is 6.02. The van der Waals surface area contributed by atoms with Crippen LogP contribution in [0.5, 0.6) is 5.75 Å². The quantitative estimate of drug-likeness (QED) is 0.517. The molecule has 5 heteroatoms. The van der Waals surface area contributed by atoms with Crippen molar-refractivity contribution in [2.45, 2.75) is 13.5 Å². The topological polar surface area (TPSA) is 41.8 Å². The molecule has 3 nitrogen and oxygen atoms in total. The molecule has 0 saturated carbocycles. The van der Waals surface area contributed by atoms with Crippen molar-refractivity contribution >= 4 is 33.0 Å². The van der Waals surface area contributed by atoms with Crippen LogP contribution in [-0.4, -0.2) is 10.9 Å². The van der Waals surface area contributed by atoms with Gasteiger partial charge in [-0.2, -0.15) is 0 Å². The van der Waals surface area contributed by atoms with Gasteiger partial charge in [0.2, 0.25) is 0 Å². The summed E-state index contributed by atoms with van der Waals surface area (Å²) in [6.07, 6.45) is 0. The summed E-state index contributed by atoms with van der Waals surface area (Å²) in [6, 6.07) is 9.50. The number of halogens is 1. The van der Waals surface area contributed by atoms with Crippen LogP contribution in [0.1, 0.15) is 17.4 Å². The Balaban J connectivity index is 2.08. The average Bonchev–Trinajstić information content (AvgIpc) is 2.81. The number of ether oxygens (including phenoxy) is 1. The molecular weight excluding hydrogens is 314 g/mol. The van der Waals surface area contributed by atoms with Gasteiger partial charge in [0.15, 0.2) is 0 Å². The molecule has 1 aromatic carbocycles. The molecule has 0 atom stereocenters. The van der Waals surface area contributed by atoms with E-state index in [-0.39, 0.29) is 0 Å². The molecule has 0 unspecified atom stereocenters. The predicted octanol–water partition coefficient (Wildman–Crippen LogP) is 4.29. The van der Waals surface area contributed by atoms with Gasteiger partial charge in [0.05, 0.1) is 10.6 Å². The zero-order valence-electron chi connectivity index (χ0n) is 9.76. The van der Waals surface area contributed by atoms with Crippen molar-refractivity contribution in [2.24, 2.45) is 5.16 Å². The number of oxime groups is 1. The molecule has 2 aromatic rings. The Bertz CT molecular complexity index is 566. The van der Waals surface area contributed by atoms with Crippen molar-refractivity contribution in [1.29, 1.82) is 0 Å². The van der Waals surface area contributed by atoms with Crippen LogP contribution in [0.2, 0.25) is 0 Å². The van der Waals surface area contributed by atoms with Crippen molar-refractivity contribution in [3.8, 4) is 5.75 Å². The first-order chi connectivity index (χ1) is 8.70. The zero-order chi connectivity index (χ0) is 13.0. The van der Waals surface area contributed by atoms with E-state index in [9.17, 15) is 0 Å². The third kappa shape index (κ3) is 3.11. The highest BCUT2D eigenvalue weighted by Gasteiger charge is 2.04. The van der Waals surface area contributed by atoms with E-state index in [1.54, 1.807) is 18.3 Å². The zero-order valence-corrected chi connectivity index (χ0v) is 12.2. The number of hydrogen-bond donors (Lipinski definition) is 1. The summed E-state index contributed by atoms with van der Waals surface area (Å²) in [5.41, 5.74) is 1.41. The SMILES string of the molecule is CC(=NO)c1cccc(OCc2sccc2Br)c1. The maximum Gasteiger partial charge on any atom is 0.124 e. The Hall–Kier alpha value is -1.33. The smallest absolute Gasteiger partial charge is 0.124 e. The van der Waals surface area contributed by atoms with Gasteiger partial charge in [-0.05, 0) is 46.4 Å². The third-order valence-electron chi connectivity index (χ3n) is 2.46. The Morgan fingerprint density at radius 3 is 2.94 bits per heavy atom. The average molecular weight is 326 g/mol. The van der Waals surface area contributed by atoms with Crippen LogP contribution in [0, 0.1) is 0 Å². The molecule has 0 bridgehead atoms. The van der Waals surface area contributed by atoms with Crippen LogP contribution in [0.4, 0.5) is 0 Å². The lowest BCUT2D eigenvalue weighted by molar-refractivity contribution is 0.309. The fraction of sp³-hybridized carbons (Fsp3) is 0.154. The van der Waals surface area contributed by atoms with Crippen molar-refractivity contribution in [3.05, 3.63) is 50.6 Å². The normalized spacial score (nSPS) is 11.6. The van der Waals surface area contributed by atoms with Gasteiger partial charge in [0.25, 0.3) is 0 Å².